The van der Waals surface area contributed by atoms with E-state index in [1.54, 1.807) is 13.2 Å². The molecule has 166 valence electrons. The number of amidine groups is 3. The minimum absolute atomic E-state index is 0.0255. The Balaban J connectivity index is 1.42. The number of hydrazone groups is 1. The number of likely N-dealkylation sites (tertiary alicyclic amines) is 1. The number of thioether (sulfide) groups is 1. The number of nitrogens with one attached hydrogen (secondary N) is 1. The fourth-order valence-corrected chi connectivity index (χ4v) is 5.72. The maximum atomic E-state index is 13.0. The molecule has 0 aliphatic carbocycles. The molecule has 0 atom stereocenters. The summed E-state index contributed by atoms with van der Waals surface area (Å²) >= 11 is 2.86. The lowest BCUT2D eigenvalue weighted by molar-refractivity contribution is -0.114. The normalized spacial score (nSPS) is 19.5. The van der Waals surface area contributed by atoms with Crippen LogP contribution in [0.2, 0.25) is 0 Å². The molecule has 1 saturated heterocycles. The summed E-state index contributed by atoms with van der Waals surface area (Å²) in [7, 11) is 1.63. The number of hydrogen-bond acceptors (Lipinski definition) is 8. The number of carbonyl (C=O) groups is 1. The molecule has 0 radical (unpaired) electrons. The van der Waals surface area contributed by atoms with Crippen LogP contribution in [0.3, 0.4) is 0 Å². The summed E-state index contributed by atoms with van der Waals surface area (Å²) in [6.07, 6.45) is 5.86. The summed E-state index contributed by atoms with van der Waals surface area (Å²) in [5.41, 5.74) is 2.53. The average molecular weight is 478 g/mol. The molecule has 5 heterocycles. The van der Waals surface area contributed by atoms with Crippen molar-refractivity contribution < 1.29 is 9.53 Å². The van der Waals surface area contributed by atoms with E-state index in [1.807, 2.05) is 40.2 Å². The van der Waals surface area contributed by atoms with Crippen LogP contribution in [0, 0.1) is 5.41 Å². The highest BCUT2D eigenvalue weighted by molar-refractivity contribution is 8.26. The summed E-state index contributed by atoms with van der Waals surface area (Å²) in [5, 5.41) is 18.0. The molecule has 6 rings (SSSR count). The number of methoxy groups -OCH3 is 1. The fraction of sp³-hybridized carbons (Fsp3) is 0.227. The van der Waals surface area contributed by atoms with Crippen molar-refractivity contribution in [2.24, 2.45) is 10.1 Å². The predicted octanol–water partition coefficient (Wildman–Crippen LogP) is 3.74. The van der Waals surface area contributed by atoms with Crippen molar-refractivity contribution in [3.05, 3.63) is 47.1 Å². The van der Waals surface area contributed by atoms with Crippen molar-refractivity contribution in [3.8, 4) is 17.0 Å². The number of rotatable bonds is 3. The summed E-state index contributed by atoms with van der Waals surface area (Å²) in [6.45, 7) is 1.88. The molecule has 3 aliphatic rings. The lowest BCUT2D eigenvalue weighted by Gasteiger charge is -2.20. The smallest absolute Gasteiger partial charge is 0.283 e. The van der Waals surface area contributed by atoms with Gasteiger partial charge in [-0.1, -0.05) is 0 Å². The van der Waals surface area contributed by atoms with Crippen molar-refractivity contribution in [2.45, 2.75) is 12.8 Å². The average Bonchev–Trinajstić information content (AvgIpc) is 3.61. The van der Waals surface area contributed by atoms with Crippen LogP contribution < -0.4 is 4.74 Å². The number of amides is 1. The molecule has 9 nitrogen and oxygen atoms in total. The highest BCUT2D eigenvalue weighted by Crippen LogP contribution is 2.33. The predicted molar refractivity (Wildman–Crippen MR) is 131 cm³/mol. The van der Waals surface area contributed by atoms with Crippen molar-refractivity contribution in [1.29, 1.82) is 5.41 Å². The molecule has 33 heavy (non-hydrogen) atoms. The summed E-state index contributed by atoms with van der Waals surface area (Å²) in [6, 6.07) is 7.61. The molecule has 3 aliphatic heterocycles. The molecule has 1 fully saturated rings. The zero-order valence-corrected chi connectivity index (χ0v) is 19.3. The first kappa shape index (κ1) is 20.2. The second-order valence-corrected chi connectivity index (χ2v) is 9.53. The van der Waals surface area contributed by atoms with Crippen LogP contribution in [0.25, 0.3) is 22.3 Å². The molecule has 1 aromatic carbocycles. The Morgan fingerprint density at radius 2 is 1.94 bits per heavy atom. The highest BCUT2D eigenvalue weighted by Gasteiger charge is 2.38. The van der Waals surface area contributed by atoms with Gasteiger partial charge >= 0.3 is 0 Å². The lowest BCUT2D eigenvalue weighted by atomic mass is 10.1. The number of aromatic nitrogens is 2. The number of imidazole rings is 1. The molecule has 0 bridgehead atoms. The van der Waals surface area contributed by atoms with Crippen LogP contribution in [-0.4, -0.2) is 61.6 Å². The molecule has 0 spiro atoms. The Kier molecular flexibility index (Phi) is 4.80. The van der Waals surface area contributed by atoms with E-state index in [2.05, 4.69) is 15.0 Å². The Morgan fingerprint density at radius 1 is 1.15 bits per heavy atom. The number of carbonyl (C=O) groups excluding carboxylic acids is 1. The maximum absolute atomic E-state index is 13.0. The van der Waals surface area contributed by atoms with Gasteiger partial charge in [-0.2, -0.15) is 10.0 Å². The first-order chi connectivity index (χ1) is 16.1. The number of fused-ring (bicyclic) bond motifs is 2. The van der Waals surface area contributed by atoms with Crippen LogP contribution in [-0.2, 0) is 4.79 Å². The third-order valence-corrected chi connectivity index (χ3v) is 7.49. The van der Waals surface area contributed by atoms with E-state index in [0.717, 1.165) is 58.8 Å². The molecular weight excluding hydrogens is 458 g/mol. The van der Waals surface area contributed by atoms with Crippen molar-refractivity contribution in [2.75, 3.05) is 20.2 Å². The third kappa shape index (κ3) is 3.35. The van der Waals surface area contributed by atoms with Crippen LogP contribution in [0.15, 0.2) is 51.5 Å². The Labute approximate surface area is 197 Å². The molecule has 1 N–H and O–H groups in total. The number of nitrogens with zero attached hydrogens (tertiary/aromatic N) is 6. The van der Waals surface area contributed by atoms with Gasteiger partial charge < -0.3 is 9.64 Å². The number of ether oxygens (including phenoxy) is 1. The second kappa shape index (κ2) is 7.85. The molecule has 0 saturated carbocycles. The largest absolute Gasteiger partial charge is 0.497 e. The SMILES string of the molecule is COc1ccc(-c2nc3sccn3c2C=C2C(=N)N3N=C(N4CCCC4)SC3=NC2=O)cc1. The third-order valence-electron chi connectivity index (χ3n) is 5.76. The minimum atomic E-state index is -0.442. The van der Waals surface area contributed by atoms with Gasteiger partial charge in [0.2, 0.25) is 5.17 Å². The molecule has 2 aromatic heterocycles. The van der Waals surface area contributed by atoms with E-state index >= 15 is 0 Å². The zero-order valence-electron chi connectivity index (χ0n) is 17.7. The van der Waals surface area contributed by atoms with Gasteiger partial charge in [0.25, 0.3) is 5.91 Å². The number of aliphatic imine (C=N–C) groups is 1. The van der Waals surface area contributed by atoms with Gasteiger partial charge in [0.1, 0.15) is 5.75 Å². The first-order valence-electron chi connectivity index (χ1n) is 10.5. The number of thiazole rings is 1. The van der Waals surface area contributed by atoms with E-state index in [-0.39, 0.29) is 11.4 Å². The van der Waals surface area contributed by atoms with Gasteiger partial charge in [-0.15, -0.1) is 16.4 Å². The molecule has 11 heteroatoms. The van der Waals surface area contributed by atoms with E-state index in [4.69, 9.17) is 15.1 Å². The van der Waals surface area contributed by atoms with Crippen molar-refractivity contribution >= 4 is 56.2 Å². The quantitative estimate of drug-likeness (QED) is 0.577. The van der Waals surface area contributed by atoms with Crippen LogP contribution in [0.1, 0.15) is 18.5 Å². The topological polar surface area (TPSA) is 98.7 Å². The highest BCUT2D eigenvalue weighted by atomic mass is 32.2. The van der Waals surface area contributed by atoms with E-state index in [9.17, 15) is 4.79 Å². The summed E-state index contributed by atoms with van der Waals surface area (Å²) < 4.78 is 7.19. The first-order valence-corrected chi connectivity index (χ1v) is 12.2. The molecule has 3 aromatic rings. The second-order valence-electron chi connectivity index (χ2n) is 7.73. The van der Waals surface area contributed by atoms with Gasteiger partial charge in [0.15, 0.2) is 16.0 Å². The lowest BCUT2D eigenvalue weighted by Crippen LogP contribution is -2.35. The van der Waals surface area contributed by atoms with Gasteiger partial charge in [-0.05, 0) is 54.9 Å². The van der Waals surface area contributed by atoms with Crippen molar-refractivity contribution in [1.82, 2.24) is 19.3 Å². The minimum Gasteiger partial charge on any atom is -0.497 e. The monoisotopic (exact) mass is 477 g/mol. The Hall–Kier alpha value is -3.44. The number of hydrogen-bond donors (Lipinski definition) is 1. The fourth-order valence-electron chi connectivity index (χ4n) is 4.06. The van der Waals surface area contributed by atoms with Gasteiger partial charge in [-0.25, -0.2) is 4.98 Å². The summed E-state index contributed by atoms with van der Waals surface area (Å²) in [4.78, 5) is 25.0. The molecule has 1 amide bonds. The Morgan fingerprint density at radius 3 is 2.70 bits per heavy atom. The van der Waals surface area contributed by atoms with Gasteiger partial charge in [-0.3, -0.25) is 14.6 Å². The standard InChI is InChI=1S/C22H19N7O2S2/c1-31-14-6-4-13(5-7-14)17-16(28-10-11-32-20(28)24-17)12-15-18(23)29-21(25-19(15)30)33-22(26-29)27-8-2-3-9-27/h4-7,10-12,23H,2-3,8-9H2,1H3. The zero-order chi connectivity index (χ0) is 22.5. The number of benzene rings is 1. The van der Waals surface area contributed by atoms with E-state index in [1.165, 1.54) is 28.1 Å². The van der Waals surface area contributed by atoms with E-state index < -0.39 is 5.91 Å². The summed E-state index contributed by atoms with van der Waals surface area (Å²) in [5.74, 6) is 0.337. The van der Waals surface area contributed by atoms with Crippen LogP contribution >= 0.6 is 23.1 Å². The maximum Gasteiger partial charge on any atom is 0.283 e. The van der Waals surface area contributed by atoms with Gasteiger partial charge in [0.05, 0.1) is 24.1 Å². The van der Waals surface area contributed by atoms with Crippen LogP contribution in [0.5, 0.6) is 5.75 Å². The van der Waals surface area contributed by atoms with Crippen LogP contribution in [0.4, 0.5) is 0 Å². The van der Waals surface area contributed by atoms with Crippen molar-refractivity contribution in [3.63, 3.8) is 0 Å². The van der Waals surface area contributed by atoms with E-state index in [0.29, 0.717) is 5.17 Å². The van der Waals surface area contributed by atoms with Gasteiger partial charge in [0, 0.05) is 30.2 Å². The molecule has 0 unspecified atom stereocenters. The Bertz CT molecular complexity index is 1380. The molecular formula is C22H19N7O2S2.